The first-order valence-electron chi connectivity index (χ1n) is 9.39. The van der Waals surface area contributed by atoms with Gasteiger partial charge < -0.3 is 15.2 Å². The van der Waals surface area contributed by atoms with E-state index in [2.05, 4.69) is 20.8 Å². The fraction of sp³-hybridized carbons (Fsp3) is 0.238. The van der Waals surface area contributed by atoms with E-state index in [1.54, 1.807) is 30.7 Å². The molecular weight excluding hydrogens is 457 g/mol. The maximum absolute atomic E-state index is 12.5. The Morgan fingerprint density at radius 3 is 2.52 bits per heavy atom. The number of rotatable bonds is 7. The van der Waals surface area contributed by atoms with Crippen LogP contribution in [0.5, 0.6) is 0 Å². The zero-order valence-electron chi connectivity index (χ0n) is 17.1. The van der Waals surface area contributed by atoms with Gasteiger partial charge >= 0.3 is 0 Å². The number of carbonyl (C=O) groups excluding carboxylic acids is 2. The van der Waals surface area contributed by atoms with Crippen LogP contribution in [-0.2, 0) is 11.8 Å². The molecule has 2 aromatic carbocycles. The summed E-state index contributed by atoms with van der Waals surface area (Å²) in [5.74, 6) is 0.252. The molecule has 1 atom stereocenters. The molecule has 0 fully saturated rings. The van der Waals surface area contributed by atoms with Crippen molar-refractivity contribution in [2.24, 2.45) is 7.05 Å². The van der Waals surface area contributed by atoms with Gasteiger partial charge in [-0.2, -0.15) is 0 Å². The lowest BCUT2D eigenvalue weighted by molar-refractivity contribution is -0.113. The summed E-state index contributed by atoms with van der Waals surface area (Å²) in [4.78, 5) is 24.7. The van der Waals surface area contributed by atoms with E-state index in [0.29, 0.717) is 21.6 Å². The summed E-state index contributed by atoms with van der Waals surface area (Å²) in [6, 6.07) is 11.8. The number of benzene rings is 2. The van der Waals surface area contributed by atoms with Crippen molar-refractivity contribution in [2.75, 3.05) is 11.1 Å². The molecule has 0 unspecified atom stereocenters. The molecular formula is C21H21Cl2N5O2S. The first-order valence-corrected chi connectivity index (χ1v) is 11.1. The molecule has 10 heteroatoms. The molecule has 0 bridgehead atoms. The lowest BCUT2D eigenvalue weighted by Crippen LogP contribution is -2.28. The molecule has 7 nitrogen and oxygen atoms in total. The molecule has 3 rings (SSSR count). The van der Waals surface area contributed by atoms with E-state index in [9.17, 15) is 9.59 Å². The number of amides is 2. The molecule has 3 aromatic rings. The fourth-order valence-corrected chi connectivity index (χ4v) is 4.02. The van der Waals surface area contributed by atoms with Crippen molar-refractivity contribution in [2.45, 2.75) is 25.0 Å². The first-order chi connectivity index (χ1) is 14.7. The van der Waals surface area contributed by atoms with Gasteiger partial charge in [0.1, 0.15) is 0 Å². The van der Waals surface area contributed by atoms with Crippen LogP contribution in [0.2, 0.25) is 10.0 Å². The van der Waals surface area contributed by atoms with Gasteiger partial charge in [-0.1, -0.05) is 52.7 Å². The van der Waals surface area contributed by atoms with Crippen LogP contribution in [0, 0.1) is 6.92 Å². The fourth-order valence-electron chi connectivity index (χ4n) is 2.81. The van der Waals surface area contributed by atoms with Gasteiger partial charge in [-0.25, -0.2) is 0 Å². The smallest absolute Gasteiger partial charge is 0.253 e. The largest absolute Gasteiger partial charge is 0.342 e. The molecule has 0 aliphatic carbocycles. The van der Waals surface area contributed by atoms with E-state index in [1.165, 1.54) is 17.8 Å². The van der Waals surface area contributed by atoms with Gasteiger partial charge in [0.05, 0.1) is 22.4 Å². The molecule has 0 spiro atoms. The second kappa shape index (κ2) is 10.2. The predicted molar refractivity (Wildman–Crippen MR) is 124 cm³/mol. The number of thioether (sulfide) groups is 1. The summed E-state index contributed by atoms with van der Waals surface area (Å²) >= 11 is 13.3. The average molecular weight is 478 g/mol. The predicted octanol–water partition coefficient (Wildman–Crippen LogP) is 4.65. The van der Waals surface area contributed by atoms with Crippen LogP contribution in [0.4, 0.5) is 5.69 Å². The number of aryl methyl sites for hydroxylation is 1. The maximum atomic E-state index is 12.5. The standard InChI is InChI=1S/C21H21Cl2N5O2S/c1-12-4-7-15(8-5-12)25-18(29)11-31-21-27-26-19(28(21)3)13(2)24-20(30)16-9-6-14(22)10-17(16)23/h4-10,13H,11H2,1-3H3,(H,24,30)(H,25,29)/t13-/m0/s1. The van der Waals surface area contributed by atoms with E-state index in [1.807, 2.05) is 31.2 Å². The summed E-state index contributed by atoms with van der Waals surface area (Å²) in [5, 5.41) is 15.3. The number of hydrogen-bond acceptors (Lipinski definition) is 5. The zero-order valence-corrected chi connectivity index (χ0v) is 19.5. The monoisotopic (exact) mass is 477 g/mol. The number of halogens is 2. The minimum atomic E-state index is -0.424. The molecule has 1 aromatic heterocycles. The van der Waals surface area contributed by atoms with Crippen LogP contribution >= 0.6 is 35.0 Å². The topological polar surface area (TPSA) is 88.9 Å². The zero-order chi connectivity index (χ0) is 22.5. The third-order valence-electron chi connectivity index (χ3n) is 4.45. The third-order valence-corrected chi connectivity index (χ3v) is 6.01. The Hall–Kier alpha value is -2.55. The Morgan fingerprint density at radius 2 is 1.84 bits per heavy atom. The van der Waals surface area contributed by atoms with E-state index < -0.39 is 6.04 Å². The lowest BCUT2D eigenvalue weighted by Gasteiger charge is -2.14. The second-order valence-electron chi connectivity index (χ2n) is 6.92. The molecule has 2 amide bonds. The van der Waals surface area contributed by atoms with Crippen LogP contribution in [0.3, 0.4) is 0 Å². The number of anilines is 1. The number of aromatic nitrogens is 3. The Morgan fingerprint density at radius 1 is 1.13 bits per heavy atom. The molecule has 0 aliphatic heterocycles. The number of hydrogen-bond donors (Lipinski definition) is 2. The minimum Gasteiger partial charge on any atom is -0.342 e. The summed E-state index contributed by atoms with van der Waals surface area (Å²) in [6.45, 7) is 3.78. The SMILES string of the molecule is Cc1ccc(NC(=O)CSc2nnc([C@H](C)NC(=O)c3ccc(Cl)cc3Cl)n2C)cc1. The van der Waals surface area contributed by atoms with Crippen LogP contribution in [0.1, 0.15) is 34.7 Å². The van der Waals surface area contributed by atoms with Gasteiger partial charge in [-0.15, -0.1) is 10.2 Å². The van der Waals surface area contributed by atoms with Crippen molar-refractivity contribution in [3.05, 3.63) is 69.5 Å². The van der Waals surface area contributed by atoms with Gasteiger partial charge in [0.25, 0.3) is 5.91 Å². The van der Waals surface area contributed by atoms with Gasteiger partial charge in [0, 0.05) is 17.8 Å². The molecule has 2 N–H and O–H groups in total. The van der Waals surface area contributed by atoms with Crippen molar-refractivity contribution in [1.29, 1.82) is 0 Å². The molecule has 0 saturated heterocycles. The normalized spacial score (nSPS) is 11.8. The van der Waals surface area contributed by atoms with Gasteiger partial charge in [-0.3, -0.25) is 9.59 Å². The quantitative estimate of drug-likeness (QED) is 0.483. The molecule has 31 heavy (non-hydrogen) atoms. The average Bonchev–Trinajstić information content (AvgIpc) is 3.08. The lowest BCUT2D eigenvalue weighted by atomic mass is 10.2. The number of carbonyl (C=O) groups is 2. The Balaban J connectivity index is 1.59. The molecule has 0 radical (unpaired) electrons. The Kier molecular flexibility index (Phi) is 7.59. The highest BCUT2D eigenvalue weighted by molar-refractivity contribution is 7.99. The summed E-state index contributed by atoms with van der Waals surface area (Å²) < 4.78 is 1.75. The van der Waals surface area contributed by atoms with Crippen molar-refractivity contribution < 1.29 is 9.59 Å². The van der Waals surface area contributed by atoms with E-state index in [-0.39, 0.29) is 22.6 Å². The second-order valence-corrected chi connectivity index (χ2v) is 8.71. The van der Waals surface area contributed by atoms with Crippen LogP contribution in [-0.4, -0.2) is 32.3 Å². The van der Waals surface area contributed by atoms with Crippen molar-refractivity contribution in [3.8, 4) is 0 Å². The highest BCUT2D eigenvalue weighted by Crippen LogP contribution is 2.23. The van der Waals surface area contributed by atoms with Crippen LogP contribution < -0.4 is 10.6 Å². The molecule has 0 aliphatic rings. The van der Waals surface area contributed by atoms with Crippen LogP contribution in [0.25, 0.3) is 0 Å². The van der Waals surface area contributed by atoms with E-state index >= 15 is 0 Å². The van der Waals surface area contributed by atoms with Crippen molar-refractivity contribution in [3.63, 3.8) is 0 Å². The van der Waals surface area contributed by atoms with Crippen molar-refractivity contribution >= 4 is 52.5 Å². The molecule has 1 heterocycles. The van der Waals surface area contributed by atoms with Gasteiger partial charge in [-0.05, 0) is 44.2 Å². The number of nitrogens with one attached hydrogen (secondary N) is 2. The summed E-state index contributed by atoms with van der Waals surface area (Å²) in [7, 11) is 1.79. The van der Waals surface area contributed by atoms with Gasteiger partial charge in [0.15, 0.2) is 11.0 Å². The molecule has 0 saturated carbocycles. The summed E-state index contributed by atoms with van der Waals surface area (Å²) in [5.41, 5.74) is 2.19. The Labute approximate surface area is 194 Å². The Bertz CT molecular complexity index is 1100. The number of nitrogens with zero attached hydrogens (tertiary/aromatic N) is 3. The minimum absolute atomic E-state index is 0.142. The van der Waals surface area contributed by atoms with Gasteiger partial charge in [0.2, 0.25) is 5.91 Å². The highest BCUT2D eigenvalue weighted by atomic mass is 35.5. The van der Waals surface area contributed by atoms with E-state index in [4.69, 9.17) is 23.2 Å². The first kappa shape index (κ1) is 23.1. The van der Waals surface area contributed by atoms with E-state index in [0.717, 1.165) is 11.3 Å². The summed E-state index contributed by atoms with van der Waals surface area (Å²) in [6.07, 6.45) is 0. The molecule has 162 valence electrons. The highest BCUT2D eigenvalue weighted by Gasteiger charge is 2.20. The maximum Gasteiger partial charge on any atom is 0.253 e. The van der Waals surface area contributed by atoms with Crippen LogP contribution in [0.15, 0.2) is 47.6 Å². The van der Waals surface area contributed by atoms with Crippen molar-refractivity contribution in [1.82, 2.24) is 20.1 Å². The third kappa shape index (κ3) is 6.00.